The van der Waals surface area contributed by atoms with Crippen molar-refractivity contribution in [1.82, 2.24) is 9.91 Å². The SMILES string of the molecule is Cc1ccc(C2=NN(C(=O)CN3CCC4(CC3)OCCO4)C(c3ccc4c(c3)OCO4)C2)cc1. The van der Waals surface area contributed by atoms with Crippen molar-refractivity contribution in [3.05, 3.63) is 59.2 Å². The summed E-state index contributed by atoms with van der Waals surface area (Å²) in [5.41, 5.74) is 4.15. The van der Waals surface area contributed by atoms with Gasteiger partial charge >= 0.3 is 0 Å². The quantitative estimate of drug-likeness (QED) is 0.693. The van der Waals surface area contributed by atoms with Crippen molar-refractivity contribution in [2.24, 2.45) is 5.10 Å². The van der Waals surface area contributed by atoms with Gasteiger partial charge in [0.25, 0.3) is 5.91 Å². The van der Waals surface area contributed by atoms with Gasteiger partial charge in [-0.05, 0) is 30.2 Å². The number of ether oxygens (including phenoxy) is 4. The number of carbonyl (C=O) groups is 1. The Morgan fingerprint density at radius 3 is 2.53 bits per heavy atom. The highest BCUT2D eigenvalue weighted by Gasteiger charge is 2.41. The minimum atomic E-state index is -0.445. The van der Waals surface area contributed by atoms with Crippen molar-refractivity contribution in [2.45, 2.75) is 38.0 Å². The molecule has 0 radical (unpaired) electrons. The molecule has 0 saturated carbocycles. The third kappa shape index (κ3) is 4.06. The van der Waals surface area contributed by atoms with E-state index in [1.54, 1.807) is 5.01 Å². The largest absolute Gasteiger partial charge is 0.454 e. The Morgan fingerprint density at radius 1 is 1.03 bits per heavy atom. The van der Waals surface area contributed by atoms with Crippen LogP contribution in [-0.4, -0.2) is 67.0 Å². The van der Waals surface area contributed by atoms with Gasteiger partial charge in [-0.3, -0.25) is 9.69 Å². The van der Waals surface area contributed by atoms with Gasteiger partial charge in [-0.15, -0.1) is 0 Å². The summed E-state index contributed by atoms with van der Waals surface area (Å²) in [7, 11) is 0. The van der Waals surface area contributed by atoms with Crippen LogP contribution in [0.4, 0.5) is 0 Å². The van der Waals surface area contributed by atoms with E-state index in [1.807, 2.05) is 18.2 Å². The van der Waals surface area contributed by atoms with Crippen LogP contribution in [0.15, 0.2) is 47.6 Å². The molecule has 8 heteroatoms. The van der Waals surface area contributed by atoms with Crippen LogP contribution in [0, 0.1) is 6.92 Å². The summed E-state index contributed by atoms with van der Waals surface area (Å²) in [6.07, 6.45) is 2.22. The number of likely N-dealkylation sites (tertiary alicyclic amines) is 1. The molecule has 0 aliphatic carbocycles. The second-order valence-electron chi connectivity index (χ2n) is 9.37. The molecule has 2 aromatic carbocycles. The summed E-state index contributed by atoms with van der Waals surface area (Å²) in [6.45, 7) is 5.45. The average molecular weight is 464 g/mol. The zero-order valence-corrected chi connectivity index (χ0v) is 19.4. The molecule has 1 amide bonds. The molecule has 6 rings (SSSR count). The molecule has 8 nitrogen and oxygen atoms in total. The van der Waals surface area contributed by atoms with E-state index in [0.29, 0.717) is 31.9 Å². The first-order valence-electron chi connectivity index (χ1n) is 11.9. The molecule has 0 aromatic heterocycles. The fourth-order valence-electron chi connectivity index (χ4n) is 5.14. The van der Waals surface area contributed by atoms with E-state index >= 15 is 0 Å². The van der Waals surface area contributed by atoms with Crippen LogP contribution in [0.3, 0.4) is 0 Å². The maximum absolute atomic E-state index is 13.5. The van der Waals surface area contributed by atoms with Crippen LogP contribution in [0.2, 0.25) is 0 Å². The number of hydrogen-bond acceptors (Lipinski definition) is 7. The molecule has 2 saturated heterocycles. The van der Waals surface area contributed by atoms with E-state index in [4.69, 9.17) is 24.0 Å². The maximum Gasteiger partial charge on any atom is 0.257 e. The van der Waals surface area contributed by atoms with Crippen molar-refractivity contribution in [3.63, 3.8) is 0 Å². The summed E-state index contributed by atoms with van der Waals surface area (Å²) in [5.74, 6) is 0.998. The van der Waals surface area contributed by atoms with Crippen LogP contribution >= 0.6 is 0 Å². The number of benzene rings is 2. The number of nitrogens with zero attached hydrogens (tertiary/aromatic N) is 3. The van der Waals surface area contributed by atoms with Gasteiger partial charge in [0.05, 0.1) is 31.5 Å². The Balaban J connectivity index is 1.22. The topological polar surface area (TPSA) is 72.8 Å². The minimum absolute atomic E-state index is 0.00557. The molecular formula is C26H29N3O5. The molecule has 1 spiro atoms. The monoisotopic (exact) mass is 463 g/mol. The predicted octanol–water partition coefficient (Wildman–Crippen LogP) is 3.24. The number of hydrazone groups is 1. The Bertz CT molecular complexity index is 1100. The smallest absolute Gasteiger partial charge is 0.257 e. The van der Waals surface area contributed by atoms with Gasteiger partial charge in [-0.1, -0.05) is 35.9 Å². The fraction of sp³-hybridized carbons (Fsp3) is 0.462. The zero-order chi connectivity index (χ0) is 23.1. The molecule has 0 N–H and O–H groups in total. The highest BCUT2D eigenvalue weighted by molar-refractivity contribution is 6.03. The van der Waals surface area contributed by atoms with E-state index in [9.17, 15) is 4.79 Å². The lowest BCUT2D eigenvalue weighted by atomic mass is 9.97. The Hall–Kier alpha value is -2.94. The van der Waals surface area contributed by atoms with Gasteiger partial charge in [0.1, 0.15) is 0 Å². The third-order valence-corrected chi connectivity index (χ3v) is 7.12. The lowest BCUT2D eigenvalue weighted by Crippen LogP contribution is -2.48. The predicted molar refractivity (Wildman–Crippen MR) is 125 cm³/mol. The van der Waals surface area contributed by atoms with Gasteiger partial charge in [-0.25, -0.2) is 5.01 Å². The molecule has 4 heterocycles. The molecule has 4 aliphatic rings. The summed E-state index contributed by atoms with van der Waals surface area (Å²) in [4.78, 5) is 15.7. The Morgan fingerprint density at radius 2 is 1.76 bits per heavy atom. The maximum atomic E-state index is 13.5. The van der Waals surface area contributed by atoms with E-state index in [0.717, 1.165) is 48.5 Å². The van der Waals surface area contributed by atoms with E-state index < -0.39 is 5.79 Å². The average Bonchev–Trinajstić information content (AvgIpc) is 3.61. The summed E-state index contributed by atoms with van der Waals surface area (Å²) >= 11 is 0. The van der Waals surface area contributed by atoms with Crippen molar-refractivity contribution in [2.75, 3.05) is 39.6 Å². The number of hydrogen-bond donors (Lipinski definition) is 0. The number of aryl methyl sites for hydroxylation is 1. The lowest BCUT2D eigenvalue weighted by molar-refractivity contribution is -0.186. The Labute approximate surface area is 199 Å². The second-order valence-corrected chi connectivity index (χ2v) is 9.37. The summed E-state index contributed by atoms with van der Waals surface area (Å²) < 4.78 is 22.7. The fourth-order valence-corrected chi connectivity index (χ4v) is 5.14. The van der Waals surface area contributed by atoms with Crippen LogP contribution < -0.4 is 9.47 Å². The van der Waals surface area contributed by atoms with Crippen molar-refractivity contribution in [1.29, 1.82) is 0 Å². The normalized spacial score (nSPS) is 23.5. The third-order valence-electron chi connectivity index (χ3n) is 7.12. The molecule has 1 atom stereocenters. The molecule has 178 valence electrons. The molecule has 1 unspecified atom stereocenters. The number of fused-ring (bicyclic) bond motifs is 1. The minimum Gasteiger partial charge on any atom is -0.454 e. The van der Waals surface area contributed by atoms with Crippen molar-refractivity contribution < 1.29 is 23.7 Å². The molecule has 0 bridgehead atoms. The zero-order valence-electron chi connectivity index (χ0n) is 19.4. The van der Waals surface area contributed by atoms with E-state index in [1.165, 1.54) is 5.56 Å². The standard InChI is InChI=1S/C26H29N3O5/c1-18-2-4-19(5-3-18)21-15-22(20-6-7-23-24(14-20)32-17-31-23)29(27-21)25(30)16-28-10-8-26(9-11-28)33-12-13-34-26/h2-7,14,22H,8-13,15-17H2,1H3. The molecular weight excluding hydrogens is 434 g/mol. The van der Waals surface area contributed by atoms with Crippen molar-refractivity contribution >= 4 is 11.6 Å². The van der Waals surface area contributed by atoms with E-state index in [-0.39, 0.29) is 18.7 Å². The van der Waals surface area contributed by atoms with Gasteiger partial charge in [-0.2, -0.15) is 5.10 Å². The van der Waals surface area contributed by atoms with Crippen LogP contribution in [0.25, 0.3) is 0 Å². The number of amides is 1. The molecule has 4 aliphatic heterocycles. The summed E-state index contributed by atoms with van der Waals surface area (Å²) in [5, 5.41) is 6.49. The van der Waals surface area contributed by atoms with Crippen LogP contribution in [0.1, 0.15) is 42.0 Å². The Kier molecular flexibility index (Phi) is 5.51. The molecule has 2 aromatic rings. The second kappa shape index (κ2) is 8.69. The molecule has 2 fully saturated rings. The highest BCUT2D eigenvalue weighted by atomic mass is 16.7. The van der Waals surface area contributed by atoms with Gasteiger partial charge in [0.15, 0.2) is 17.3 Å². The van der Waals surface area contributed by atoms with Crippen LogP contribution in [-0.2, 0) is 14.3 Å². The van der Waals surface area contributed by atoms with Gasteiger partial charge < -0.3 is 18.9 Å². The highest BCUT2D eigenvalue weighted by Crippen LogP contribution is 2.39. The first-order chi connectivity index (χ1) is 16.6. The summed E-state index contributed by atoms with van der Waals surface area (Å²) in [6, 6.07) is 14.0. The number of rotatable bonds is 4. The lowest BCUT2D eigenvalue weighted by Gasteiger charge is -2.37. The number of piperidine rings is 1. The van der Waals surface area contributed by atoms with Crippen molar-refractivity contribution in [3.8, 4) is 11.5 Å². The first-order valence-corrected chi connectivity index (χ1v) is 11.9. The first kappa shape index (κ1) is 21.6. The number of carbonyl (C=O) groups excluding carboxylic acids is 1. The van der Waals surface area contributed by atoms with Crippen LogP contribution in [0.5, 0.6) is 11.5 Å². The van der Waals surface area contributed by atoms with E-state index in [2.05, 4.69) is 36.1 Å². The van der Waals surface area contributed by atoms with Gasteiger partial charge in [0.2, 0.25) is 6.79 Å². The molecule has 34 heavy (non-hydrogen) atoms. The van der Waals surface area contributed by atoms with Gasteiger partial charge in [0, 0.05) is 32.4 Å².